The highest BCUT2D eigenvalue weighted by molar-refractivity contribution is 6.34. The number of amides is 2. The minimum atomic E-state index is -0.754. The van der Waals surface area contributed by atoms with Gasteiger partial charge >= 0.3 is 0 Å². The number of hydrogen-bond donors (Lipinski definition) is 3. The van der Waals surface area contributed by atoms with Crippen molar-refractivity contribution >= 4 is 29.1 Å². The van der Waals surface area contributed by atoms with Crippen LogP contribution in [0, 0.1) is 11.3 Å². The molecule has 1 aromatic carbocycles. The maximum atomic E-state index is 12.2. The van der Waals surface area contributed by atoms with Crippen LogP contribution in [0.4, 0.5) is 5.69 Å². The van der Waals surface area contributed by atoms with E-state index in [2.05, 4.69) is 22.0 Å². The maximum Gasteiger partial charge on any atom is 0.252 e. The summed E-state index contributed by atoms with van der Waals surface area (Å²) >= 11 is 6.09. The molecule has 0 saturated heterocycles. The summed E-state index contributed by atoms with van der Waals surface area (Å²) < 4.78 is 0. The van der Waals surface area contributed by atoms with Crippen LogP contribution in [-0.4, -0.2) is 30.9 Å². The lowest BCUT2D eigenvalue weighted by Gasteiger charge is -2.26. The van der Waals surface area contributed by atoms with Gasteiger partial charge in [-0.05, 0) is 31.0 Å². The van der Waals surface area contributed by atoms with Crippen molar-refractivity contribution in [3.63, 3.8) is 0 Å². The van der Waals surface area contributed by atoms with Gasteiger partial charge in [0.05, 0.1) is 23.2 Å². The Morgan fingerprint density at radius 2 is 1.92 bits per heavy atom. The van der Waals surface area contributed by atoms with Crippen LogP contribution in [-0.2, 0) is 4.79 Å². The third-order valence-electron chi connectivity index (χ3n) is 4.44. The summed E-state index contributed by atoms with van der Waals surface area (Å²) in [4.78, 5) is 23.9. The predicted molar refractivity (Wildman–Crippen MR) is 97.5 cm³/mol. The molecule has 1 aliphatic rings. The van der Waals surface area contributed by atoms with Crippen molar-refractivity contribution in [1.82, 2.24) is 10.6 Å². The fourth-order valence-electron chi connectivity index (χ4n) is 3.03. The quantitative estimate of drug-likeness (QED) is 0.702. The molecule has 1 aliphatic carbocycles. The molecule has 0 bridgehead atoms. The Morgan fingerprint density at radius 3 is 2.48 bits per heavy atom. The molecule has 1 aromatic rings. The number of nitrogens with zero attached hydrogens (tertiary/aromatic N) is 1. The van der Waals surface area contributed by atoms with E-state index in [9.17, 15) is 14.9 Å². The topological polar surface area (TPSA) is 94.0 Å². The molecule has 1 fully saturated rings. The SMILES string of the molecule is CNC(=O)c1ccc(NCC(=O)NC2(C#N)CCCCCC2)cc1Cl. The Morgan fingerprint density at radius 1 is 1.24 bits per heavy atom. The monoisotopic (exact) mass is 362 g/mol. The van der Waals surface area contributed by atoms with Crippen LogP contribution in [0.2, 0.25) is 5.02 Å². The van der Waals surface area contributed by atoms with Gasteiger partial charge in [-0.15, -0.1) is 0 Å². The molecular formula is C18H23ClN4O2. The summed E-state index contributed by atoms with van der Waals surface area (Å²) in [6.45, 7) is 0.0408. The fraction of sp³-hybridized carbons (Fsp3) is 0.500. The Kier molecular flexibility index (Phi) is 6.65. The highest BCUT2D eigenvalue weighted by Crippen LogP contribution is 2.26. The molecule has 0 aliphatic heterocycles. The van der Waals surface area contributed by atoms with E-state index in [1.54, 1.807) is 18.2 Å². The number of rotatable bonds is 5. The molecule has 0 spiro atoms. The number of hydrogen-bond acceptors (Lipinski definition) is 4. The average Bonchev–Trinajstić information content (AvgIpc) is 2.85. The average molecular weight is 363 g/mol. The number of nitriles is 1. The highest BCUT2D eigenvalue weighted by atomic mass is 35.5. The van der Waals surface area contributed by atoms with Crippen molar-refractivity contribution in [3.8, 4) is 6.07 Å². The summed E-state index contributed by atoms with van der Waals surface area (Å²) in [7, 11) is 1.54. The van der Waals surface area contributed by atoms with Crippen LogP contribution in [0.15, 0.2) is 18.2 Å². The second kappa shape index (κ2) is 8.72. The molecule has 7 heteroatoms. The van der Waals surface area contributed by atoms with E-state index in [4.69, 9.17) is 11.6 Å². The van der Waals surface area contributed by atoms with Crippen molar-refractivity contribution in [3.05, 3.63) is 28.8 Å². The molecule has 3 N–H and O–H groups in total. The van der Waals surface area contributed by atoms with Crippen LogP contribution in [0.3, 0.4) is 0 Å². The van der Waals surface area contributed by atoms with Gasteiger partial charge in [-0.25, -0.2) is 0 Å². The van der Waals surface area contributed by atoms with Gasteiger partial charge in [-0.2, -0.15) is 5.26 Å². The molecule has 0 atom stereocenters. The van der Waals surface area contributed by atoms with Crippen LogP contribution < -0.4 is 16.0 Å². The minimum Gasteiger partial charge on any atom is -0.376 e. The molecule has 6 nitrogen and oxygen atoms in total. The maximum absolute atomic E-state index is 12.2. The number of halogens is 1. The molecule has 2 amide bonds. The number of carbonyl (C=O) groups is 2. The fourth-order valence-corrected chi connectivity index (χ4v) is 3.30. The van der Waals surface area contributed by atoms with Crippen molar-refractivity contribution in [1.29, 1.82) is 5.26 Å². The minimum absolute atomic E-state index is 0.0408. The highest BCUT2D eigenvalue weighted by Gasteiger charge is 2.32. The number of anilines is 1. The largest absolute Gasteiger partial charge is 0.376 e. The van der Waals surface area contributed by atoms with E-state index in [0.717, 1.165) is 25.7 Å². The zero-order valence-electron chi connectivity index (χ0n) is 14.3. The normalized spacial score (nSPS) is 16.2. The zero-order valence-corrected chi connectivity index (χ0v) is 15.1. The van der Waals surface area contributed by atoms with Gasteiger partial charge in [0.15, 0.2) is 0 Å². The van der Waals surface area contributed by atoms with Gasteiger partial charge < -0.3 is 16.0 Å². The Bertz CT molecular complexity index is 676. The summed E-state index contributed by atoms with van der Waals surface area (Å²) in [5, 5.41) is 18.2. The summed E-state index contributed by atoms with van der Waals surface area (Å²) in [5.41, 5.74) is 0.261. The first-order valence-electron chi connectivity index (χ1n) is 8.47. The molecule has 0 heterocycles. The number of nitrogens with one attached hydrogen (secondary N) is 3. The van der Waals surface area contributed by atoms with Crippen molar-refractivity contribution in [2.45, 2.75) is 44.1 Å². The van der Waals surface area contributed by atoms with Gasteiger partial charge in [0, 0.05) is 12.7 Å². The molecule has 134 valence electrons. The van der Waals surface area contributed by atoms with Gasteiger partial charge in [0.25, 0.3) is 5.91 Å². The Balaban J connectivity index is 1.94. The van der Waals surface area contributed by atoms with E-state index in [1.807, 2.05) is 0 Å². The molecule has 0 aromatic heterocycles. The second-order valence-electron chi connectivity index (χ2n) is 6.28. The third-order valence-corrected chi connectivity index (χ3v) is 4.76. The third kappa shape index (κ3) is 5.10. The Labute approximate surface area is 152 Å². The summed E-state index contributed by atoms with van der Waals surface area (Å²) in [5.74, 6) is -0.492. The van der Waals surface area contributed by atoms with Crippen molar-refractivity contribution in [2.75, 3.05) is 18.9 Å². The lowest BCUT2D eigenvalue weighted by Crippen LogP contribution is -2.48. The van der Waals surface area contributed by atoms with E-state index >= 15 is 0 Å². The second-order valence-corrected chi connectivity index (χ2v) is 6.69. The van der Waals surface area contributed by atoms with Crippen molar-refractivity contribution < 1.29 is 9.59 Å². The smallest absolute Gasteiger partial charge is 0.252 e. The lowest BCUT2D eigenvalue weighted by molar-refractivity contribution is -0.120. The standard InChI is InChI=1S/C18H23ClN4O2/c1-21-17(25)14-7-6-13(10-15(14)19)22-11-16(24)23-18(12-20)8-4-2-3-5-9-18/h6-7,10,22H,2-5,8-9,11H2,1H3,(H,21,25)(H,23,24). The Hall–Kier alpha value is -2.26. The number of benzene rings is 1. The zero-order chi connectivity index (χ0) is 18.3. The van der Waals surface area contributed by atoms with Crippen LogP contribution in [0.25, 0.3) is 0 Å². The molecule has 0 radical (unpaired) electrons. The molecule has 25 heavy (non-hydrogen) atoms. The van der Waals surface area contributed by atoms with E-state index in [-0.39, 0.29) is 18.4 Å². The van der Waals surface area contributed by atoms with Gasteiger partial charge in [-0.3, -0.25) is 9.59 Å². The summed E-state index contributed by atoms with van der Waals surface area (Å²) in [6, 6.07) is 7.19. The molecule has 1 saturated carbocycles. The van der Waals surface area contributed by atoms with Crippen LogP contribution in [0.1, 0.15) is 48.9 Å². The first-order valence-corrected chi connectivity index (χ1v) is 8.85. The van der Waals surface area contributed by atoms with E-state index < -0.39 is 5.54 Å². The predicted octanol–water partition coefficient (Wildman–Crippen LogP) is 2.84. The van der Waals surface area contributed by atoms with Gasteiger partial charge in [-0.1, -0.05) is 37.3 Å². The molecular weight excluding hydrogens is 340 g/mol. The van der Waals surface area contributed by atoms with Crippen LogP contribution >= 0.6 is 11.6 Å². The number of carbonyl (C=O) groups excluding carboxylic acids is 2. The lowest BCUT2D eigenvalue weighted by atomic mass is 9.92. The summed E-state index contributed by atoms with van der Waals surface area (Å²) in [6.07, 6.45) is 5.51. The van der Waals surface area contributed by atoms with Crippen LogP contribution in [0.5, 0.6) is 0 Å². The van der Waals surface area contributed by atoms with Gasteiger partial charge in [0.2, 0.25) is 5.91 Å². The molecule has 2 rings (SSSR count). The van der Waals surface area contributed by atoms with E-state index in [1.165, 1.54) is 7.05 Å². The molecule has 0 unspecified atom stereocenters. The van der Waals surface area contributed by atoms with Gasteiger partial charge in [0.1, 0.15) is 5.54 Å². The first-order chi connectivity index (χ1) is 12.0. The van der Waals surface area contributed by atoms with Crippen molar-refractivity contribution in [2.24, 2.45) is 0 Å². The van der Waals surface area contributed by atoms with E-state index in [0.29, 0.717) is 29.1 Å². The first kappa shape index (κ1) is 19.1.